The zero-order valence-electron chi connectivity index (χ0n) is 24.8. The van der Waals surface area contributed by atoms with Crippen molar-refractivity contribution in [2.45, 2.75) is 37.8 Å². The summed E-state index contributed by atoms with van der Waals surface area (Å²) in [4.78, 5) is 29.8. The fraction of sp³-hybridized carbons (Fsp3) is 0.606. The van der Waals surface area contributed by atoms with Crippen molar-refractivity contribution in [2.24, 2.45) is 0 Å². The van der Waals surface area contributed by atoms with Gasteiger partial charge in [-0.15, -0.1) is 0 Å². The van der Waals surface area contributed by atoms with Crippen LogP contribution in [0.2, 0.25) is 10.0 Å². The van der Waals surface area contributed by atoms with Crippen molar-refractivity contribution in [3.05, 3.63) is 58.6 Å². The van der Waals surface area contributed by atoms with Crippen molar-refractivity contribution in [1.82, 2.24) is 19.6 Å². The standard InChI is InChI=1S/C33H46Cl2N6O/c34-27-5-9-29(10-6-27)38-17-21-40(22-18-38)31(25-36-13-1-2-14-36)33(42)32(26-37-15-3-4-16-37)41-23-19-39(20-24-41)30-11-7-28(35)8-12-30/h5-12,31-32H,1-4,13-26H2. The fourth-order valence-corrected chi connectivity index (χ4v) is 7.55. The Hall–Kier alpha value is -1.87. The number of piperazine rings is 2. The normalized spacial score (nSPS) is 23.0. The fourth-order valence-electron chi connectivity index (χ4n) is 7.30. The molecule has 4 aliphatic heterocycles. The van der Waals surface area contributed by atoms with Crippen LogP contribution in [0.1, 0.15) is 25.7 Å². The minimum Gasteiger partial charge on any atom is -0.369 e. The molecule has 0 radical (unpaired) electrons. The summed E-state index contributed by atoms with van der Waals surface area (Å²) in [7, 11) is 0. The molecule has 4 saturated heterocycles. The van der Waals surface area contributed by atoms with Crippen LogP contribution >= 0.6 is 23.2 Å². The smallest absolute Gasteiger partial charge is 0.169 e. The molecule has 9 heteroatoms. The maximum absolute atomic E-state index is 14.8. The van der Waals surface area contributed by atoms with E-state index in [2.05, 4.69) is 53.7 Å². The van der Waals surface area contributed by atoms with E-state index in [-0.39, 0.29) is 12.1 Å². The van der Waals surface area contributed by atoms with Crippen molar-refractivity contribution in [3.63, 3.8) is 0 Å². The Morgan fingerprint density at radius 3 is 1.19 bits per heavy atom. The Morgan fingerprint density at radius 1 is 0.524 bits per heavy atom. The summed E-state index contributed by atoms with van der Waals surface area (Å²) in [5.41, 5.74) is 2.43. The van der Waals surface area contributed by atoms with Crippen molar-refractivity contribution < 1.29 is 4.79 Å². The molecule has 2 aromatic rings. The summed E-state index contributed by atoms with van der Waals surface area (Å²) < 4.78 is 0. The Kier molecular flexibility index (Phi) is 10.3. The van der Waals surface area contributed by atoms with E-state index in [1.807, 2.05) is 24.3 Å². The lowest BCUT2D eigenvalue weighted by atomic mass is 9.99. The van der Waals surface area contributed by atoms with Crippen LogP contribution in [0.5, 0.6) is 0 Å². The van der Waals surface area contributed by atoms with Crippen LogP contribution in [0.4, 0.5) is 11.4 Å². The maximum Gasteiger partial charge on any atom is 0.169 e. The van der Waals surface area contributed by atoms with Gasteiger partial charge in [0.2, 0.25) is 0 Å². The number of anilines is 2. The lowest BCUT2D eigenvalue weighted by molar-refractivity contribution is -0.131. The molecular formula is C33H46Cl2N6O. The third kappa shape index (κ3) is 7.43. The first-order valence-corrected chi connectivity index (χ1v) is 16.8. The van der Waals surface area contributed by atoms with Gasteiger partial charge in [0.25, 0.3) is 0 Å². The second-order valence-electron chi connectivity index (χ2n) is 12.4. The van der Waals surface area contributed by atoms with Gasteiger partial charge in [-0.05, 0) is 100 Å². The number of nitrogens with zero attached hydrogens (tertiary/aromatic N) is 6. The first-order valence-electron chi connectivity index (χ1n) is 16.0. The van der Waals surface area contributed by atoms with Crippen LogP contribution in [0.25, 0.3) is 0 Å². The number of carbonyl (C=O) groups excluding carboxylic acids is 1. The zero-order chi connectivity index (χ0) is 28.9. The Labute approximate surface area is 261 Å². The molecule has 0 bridgehead atoms. The number of ketones is 1. The molecule has 4 fully saturated rings. The molecule has 0 spiro atoms. The van der Waals surface area contributed by atoms with Gasteiger partial charge >= 0.3 is 0 Å². The topological polar surface area (TPSA) is 36.5 Å². The average Bonchev–Trinajstić information content (AvgIpc) is 3.74. The summed E-state index contributed by atoms with van der Waals surface area (Å²) in [6, 6.07) is 16.2. The third-order valence-electron chi connectivity index (χ3n) is 9.81. The Balaban J connectivity index is 1.17. The minimum absolute atomic E-state index is 0.0580. The number of hydrogen-bond acceptors (Lipinski definition) is 7. The SMILES string of the molecule is O=C(C(CN1CCCC1)N1CCN(c2ccc(Cl)cc2)CC1)C(CN1CCCC1)N1CCN(c2ccc(Cl)cc2)CC1. The highest BCUT2D eigenvalue weighted by molar-refractivity contribution is 6.30. The molecule has 4 aliphatic rings. The van der Waals surface area contributed by atoms with Gasteiger partial charge in [0.05, 0.1) is 12.1 Å². The molecule has 0 aliphatic carbocycles. The summed E-state index contributed by atoms with van der Waals surface area (Å²) >= 11 is 12.3. The van der Waals surface area contributed by atoms with E-state index in [0.29, 0.717) is 5.78 Å². The first kappa shape index (κ1) is 30.2. The average molecular weight is 614 g/mol. The molecule has 0 N–H and O–H groups in total. The van der Waals surface area contributed by atoms with Crippen LogP contribution < -0.4 is 9.80 Å². The largest absolute Gasteiger partial charge is 0.369 e. The van der Waals surface area contributed by atoms with Gasteiger partial charge in [-0.25, -0.2) is 0 Å². The van der Waals surface area contributed by atoms with Gasteiger partial charge in [-0.2, -0.15) is 0 Å². The quantitative estimate of drug-likeness (QED) is 0.393. The van der Waals surface area contributed by atoms with E-state index in [1.165, 1.54) is 37.1 Å². The van der Waals surface area contributed by atoms with Gasteiger partial charge in [-0.3, -0.25) is 14.6 Å². The van der Waals surface area contributed by atoms with Crippen molar-refractivity contribution in [2.75, 3.05) is 101 Å². The van der Waals surface area contributed by atoms with E-state index in [9.17, 15) is 4.79 Å². The van der Waals surface area contributed by atoms with E-state index in [1.54, 1.807) is 0 Å². The van der Waals surface area contributed by atoms with Gasteiger partial charge in [-0.1, -0.05) is 23.2 Å². The third-order valence-corrected chi connectivity index (χ3v) is 10.3. The molecule has 4 heterocycles. The zero-order valence-corrected chi connectivity index (χ0v) is 26.4. The predicted octanol–water partition coefficient (Wildman–Crippen LogP) is 4.44. The second-order valence-corrected chi connectivity index (χ2v) is 13.3. The molecule has 2 atom stereocenters. The van der Waals surface area contributed by atoms with E-state index < -0.39 is 0 Å². The summed E-state index contributed by atoms with van der Waals surface area (Å²) in [5, 5.41) is 1.54. The van der Waals surface area contributed by atoms with Crippen LogP contribution in [0.15, 0.2) is 48.5 Å². The predicted molar refractivity (Wildman–Crippen MR) is 174 cm³/mol. The summed E-state index contributed by atoms with van der Waals surface area (Å²) in [5.74, 6) is 0.439. The van der Waals surface area contributed by atoms with Gasteiger partial charge in [0, 0.05) is 86.9 Å². The van der Waals surface area contributed by atoms with Gasteiger partial charge in [0.15, 0.2) is 5.78 Å². The molecule has 0 saturated carbocycles. The van der Waals surface area contributed by atoms with E-state index in [0.717, 1.165) is 102 Å². The molecule has 0 aromatic heterocycles. The number of carbonyl (C=O) groups is 1. The summed E-state index contributed by atoms with van der Waals surface area (Å²) in [6.45, 7) is 13.6. The van der Waals surface area contributed by atoms with E-state index in [4.69, 9.17) is 23.2 Å². The number of rotatable bonds is 10. The number of benzene rings is 2. The highest BCUT2D eigenvalue weighted by Gasteiger charge is 2.39. The van der Waals surface area contributed by atoms with Gasteiger partial charge in [0.1, 0.15) is 0 Å². The highest BCUT2D eigenvalue weighted by Crippen LogP contribution is 2.25. The van der Waals surface area contributed by atoms with Gasteiger partial charge < -0.3 is 19.6 Å². The van der Waals surface area contributed by atoms with E-state index >= 15 is 0 Å². The minimum atomic E-state index is -0.0580. The lowest BCUT2D eigenvalue weighted by Crippen LogP contribution is -2.63. The molecular weight excluding hydrogens is 567 g/mol. The number of likely N-dealkylation sites (tertiary alicyclic amines) is 2. The number of Topliss-reactive ketones (excluding diaryl/α,β-unsaturated/α-hetero) is 1. The van der Waals surface area contributed by atoms with Crippen LogP contribution in [-0.2, 0) is 4.79 Å². The number of halogens is 2. The molecule has 0 amide bonds. The first-order chi connectivity index (χ1) is 20.5. The highest BCUT2D eigenvalue weighted by atomic mass is 35.5. The van der Waals surface area contributed by atoms with Crippen LogP contribution in [0, 0.1) is 0 Å². The molecule has 42 heavy (non-hydrogen) atoms. The Bertz CT molecular complexity index is 1050. The van der Waals surface area contributed by atoms with Crippen molar-refractivity contribution in [3.8, 4) is 0 Å². The molecule has 2 aromatic carbocycles. The Morgan fingerprint density at radius 2 is 0.857 bits per heavy atom. The molecule has 6 rings (SSSR count). The molecule has 7 nitrogen and oxygen atoms in total. The lowest BCUT2D eigenvalue weighted by Gasteiger charge is -2.45. The molecule has 228 valence electrons. The van der Waals surface area contributed by atoms with Crippen molar-refractivity contribution in [1.29, 1.82) is 0 Å². The monoisotopic (exact) mass is 612 g/mol. The maximum atomic E-state index is 14.8. The summed E-state index contributed by atoms with van der Waals surface area (Å²) in [6.07, 6.45) is 4.98. The van der Waals surface area contributed by atoms with Crippen LogP contribution in [0.3, 0.4) is 0 Å². The van der Waals surface area contributed by atoms with Crippen LogP contribution in [-0.4, -0.2) is 129 Å². The number of hydrogen-bond donors (Lipinski definition) is 0. The molecule has 2 unspecified atom stereocenters. The van der Waals surface area contributed by atoms with Crippen molar-refractivity contribution >= 4 is 40.4 Å². The second kappa shape index (κ2) is 14.3.